The van der Waals surface area contributed by atoms with Crippen LogP contribution in [0.15, 0.2) is 11.3 Å². The van der Waals surface area contributed by atoms with Crippen LogP contribution >= 0.6 is 0 Å². The monoisotopic (exact) mass is 367 g/mol. The zero-order valence-corrected chi connectivity index (χ0v) is 17.0. The first-order valence-corrected chi connectivity index (χ1v) is 8.91. The van der Waals surface area contributed by atoms with Crippen molar-refractivity contribution in [2.24, 2.45) is 12.0 Å². The molecular formula is C17H33N7O2. The van der Waals surface area contributed by atoms with Crippen molar-refractivity contribution in [3.63, 3.8) is 0 Å². The minimum absolute atomic E-state index is 0.0817. The van der Waals surface area contributed by atoms with E-state index in [1.807, 2.05) is 41.7 Å². The van der Waals surface area contributed by atoms with Crippen LogP contribution in [0.5, 0.6) is 0 Å². The zero-order valence-electron chi connectivity index (χ0n) is 17.0. The first kappa shape index (κ1) is 21.7. The number of amides is 1. The van der Waals surface area contributed by atoms with E-state index >= 15 is 0 Å². The quantitative estimate of drug-likeness (QED) is 0.431. The van der Waals surface area contributed by atoms with E-state index in [-0.39, 0.29) is 12.1 Å². The number of aliphatic imine (C=N–C) groups is 1. The van der Waals surface area contributed by atoms with Crippen LogP contribution < -0.4 is 10.6 Å². The van der Waals surface area contributed by atoms with Gasteiger partial charge in [0.1, 0.15) is 17.8 Å². The lowest BCUT2D eigenvalue weighted by molar-refractivity contribution is 0.0190. The molecule has 0 aliphatic rings. The van der Waals surface area contributed by atoms with Crippen molar-refractivity contribution < 1.29 is 9.53 Å². The van der Waals surface area contributed by atoms with Crippen molar-refractivity contribution in [3.05, 3.63) is 12.2 Å². The third-order valence-electron chi connectivity index (χ3n) is 3.56. The second kappa shape index (κ2) is 9.98. The van der Waals surface area contributed by atoms with Gasteiger partial charge in [0, 0.05) is 33.2 Å². The van der Waals surface area contributed by atoms with Gasteiger partial charge in [-0.1, -0.05) is 0 Å². The van der Waals surface area contributed by atoms with Gasteiger partial charge < -0.3 is 20.3 Å². The fraction of sp³-hybridized carbons (Fsp3) is 0.765. The minimum atomic E-state index is -0.492. The zero-order chi connectivity index (χ0) is 19.7. The summed E-state index contributed by atoms with van der Waals surface area (Å²) in [6.45, 7) is 11.4. The van der Waals surface area contributed by atoms with Gasteiger partial charge in [0.15, 0.2) is 5.96 Å². The van der Waals surface area contributed by atoms with E-state index in [4.69, 9.17) is 4.74 Å². The van der Waals surface area contributed by atoms with E-state index in [0.29, 0.717) is 25.6 Å². The Morgan fingerprint density at radius 1 is 1.38 bits per heavy atom. The molecule has 0 radical (unpaired) electrons. The molecule has 1 amide bonds. The van der Waals surface area contributed by atoms with E-state index < -0.39 is 5.60 Å². The molecule has 0 atom stereocenters. The van der Waals surface area contributed by atoms with Gasteiger partial charge in [0.25, 0.3) is 0 Å². The average molecular weight is 367 g/mol. The van der Waals surface area contributed by atoms with Crippen LogP contribution in [0.1, 0.15) is 46.9 Å². The lowest BCUT2D eigenvalue weighted by Crippen LogP contribution is -2.43. The molecule has 0 aromatic carbocycles. The summed E-state index contributed by atoms with van der Waals surface area (Å²) in [7, 11) is 3.56. The molecule has 0 saturated carbocycles. The maximum Gasteiger partial charge on any atom is 0.410 e. The molecule has 26 heavy (non-hydrogen) atoms. The largest absolute Gasteiger partial charge is 0.444 e. The Morgan fingerprint density at radius 2 is 2.08 bits per heavy atom. The number of rotatable bonds is 7. The van der Waals surface area contributed by atoms with Crippen LogP contribution in [0.3, 0.4) is 0 Å². The number of carbonyl (C=O) groups excluding carboxylic acids is 1. The number of aryl methyl sites for hydroxylation is 1. The van der Waals surface area contributed by atoms with Crippen LogP contribution in [-0.4, -0.2) is 63.5 Å². The summed E-state index contributed by atoms with van der Waals surface area (Å²) in [4.78, 5) is 22.4. The van der Waals surface area contributed by atoms with Gasteiger partial charge in [-0.2, -0.15) is 5.10 Å². The van der Waals surface area contributed by atoms with Crippen LogP contribution in [-0.2, 0) is 18.3 Å². The van der Waals surface area contributed by atoms with E-state index in [2.05, 4.69) is 25.7 Å². The lowest BCUT2D eigenvalue weighted by Gasteiger charge is -2.30. The third-order valence-corrected chi connectivity index (χ3v) is 3.56. The van der Waals surface area contributed by atoms with Crippen LogP contribution in [0.4, 0.5) is 4.79 Å². The summed E-state index contributed by atoms with van der Waals surface area (Å²) >= 11 is 0. The van der Waals surface area contributed by atoms with E-state index in [0.717, 1.165) is 12.2 Å². The molecule has 9 nitrogen and oxygen atoms in total. The molecule has 0 saturated heterocycles. The number of nitrogens with zero attached hydrogens (tertiary/aromatic N) is 5. The second-order valence-electron chi connectivity index (χ2n) is 7.27. The molecule has 0 unspecified atom stereocenters. The molecule has 0 aliphatic carbocycles. The fourth-order valence-electron chi connectivity index (χ4n) is 2.20. The molecular weight excluding hydrogens is 334 g/mol. The molecule has 1 heterocycles. The normalized spacial score (nSPS) is 12.2. The predicted molar refractivity (Wildman–Crippen MR) is 102 cm³/mol. The molecule has 0 bridgehead atoms. The molecule has 148 valence electrons. The Morgan fingerprint density at radius 3 is 2.58 bits per heavy atom. The summed E-state index contributed by atoms with van der Waals surface area (Å²) in [5.74, 6) is 1.50. The van der Waals surface area contributed by atoms with Gasteiger partial charge in [0.05, 0.1) is 6.54 Å². The first-order chi connectivity index (χ1) is 12.1. The maximum absolute atomic E-state index is 12.3. The third kappa shape index (κ3) is 7.71. The van der Waals surface area contributed by atoms with Gasteiger partial charge >= 0.3 is 6.09 Å². The first-order valence-electron chi connectivity index (χ1n) is 8.91. The molecule has 1 aromatic heterocycles. The summed E-state index contributed by atoms with van der Waals surface area (Å²) in [5.41, 5.74) is -0.492. The molecule has 9 heteroatoms. The highest BCUT2D eigenvalue weighted by atomic mass is 16.6. The Kier molecular flexibility index (Phi) is 8.34. The highest BCUT2D eigenvalue weighted by molar-refractivity contribution is 5.79. The van der Waals surface area contributed by atoms with Gasteiger partial charge in [0.2, 0.25) is 0 Å². The second-order valence-corrected chi connectivity index (χ2v) is 7.27. The minimum Gasteiger partial charge on any atom is -0.444 e. The van der Waals surface area contributed by atoms with Crippen molar-refractivity contribution in [1.29, 1.82) is 0 Å². The Balaban J connectivity index is 2.39. The average Bonchev–Trinajstić information content (AvgIpc) is 2.93. The molecule has 0 aliphatic heterocycles. The Labute approximate surface area is 156 Å². The smallest absolute Gasteiger partial charge is 0.410 e. The fourth-order valence-corrected chi connectivity index (χ4v) is 2.20. The SMILES string of the molecule is CN=C(NCCCN(C(=O)OC(C)(C)C)C(C)C)NCc1ncnn1C. The van der Waals surface area contributed by atoms with Crippen LogP contribution in [0.2, 0.25) is 0 Å². The van der Waals surface area contributed by atoms with Gasteiger partial charge in [-0.25, -0.2) is 9.78 Å². The summed E-state index contributed by atoms with van der Waals surface area (Å²) in [5, 5.41) is 10.5. The number of nitrogens with one attached hydrogen (secondary N) is 2. The maximum atomic E-state index is 12.3. The molecule has 0 fully saturated rings. The van der Waals surface area contributed by atoms with E-state index in [1.165, 1.54) is 6.33 Å². The molecule has 1 aromatic rings. The lowest BCUT2D eigenvalue weighted by atomic mass is 10.2. The highest BCUT2D eigenvalue weighted by Gasteiger charge is 2.23. The van der Waals surface area contributed by atoms with Gasteiger partial charge in [-0.3, -0.25) is 9.67 Å². The molecule has 2 N–H and O–H groups in total. The summed E-state index contributed by atoms with van der Waals surface area (Å²) in [6.07, 6.45) is 2.02. The highest BCUT2D eigenvalue weighted by Crippen LogP contribution is 2.12. The van der Waals surface area contributed by atoms with E-state index in [1.54, 1.807) is 16.6 Å². The standard InChI is InChI=1S/C17H33N7O2/c1-13(2)24(16(25)26-17(3,4)5)10-8-9-19-15(18-6)20-11-14-21-12-22-23(14)7/h12-13H,8-11H2,1-7H3,(H2,18,19,20). The topological polar surface area (TPSA) is 96.7 Å². The molecule has 0 spiro atoms. The van der Waals surface area contributed by atoms with E-state index in [9.17, 15) is 4.79 Å². The van der Waals surface area contributed by atoms with Gasteiger partial charge in [-0.15, -0.1) is 0 Å². The Hall–Kier alpha value is -2.32. The number of hydrogen-bond donors (Lipinski definition) is 2. The predicted octanol–water partition coefficient (Wildman–Crippen LogP) is 1.52. The number of aromatic nitrogens is 3. The molecule has 1 rings (SSSR count). The van der Waals surface area contributed by atoms with Crippen molar-refractivity contribution in [3.8, 4) is 0 Å². The van der Waals surface area contributed by atoms with Crippen LogP contribution in [0.25, 0.3) is 0 Å². The number of carbonyl (C=O) groups is 1. The Bertz CT molecular complexity index is 590. The van der Waals surface area contributed by atoms with Crippen molar-refractivity contribution >= 4 is 12.1 Å². The van der Waals surface area contributed by atoms with Crippen molar-refractivity contribution in [2.75, 3.05) is 20.1 Å². The van der Waals surface area contributed by atoms with Crippen LogP contribution in [0, 0.1) is 0 Å². The van der Waals surface area contributed by atoms with Crippen molar-refractivity contribution in [2.45, 2.75) is 59.2 Å². The summed E-state index contributed by atoms with van der Waals surface area (Å²) in [6, 6.07) is 0.0817. The summed E-state index contributed by atoms with van der Waals surface area (Å²) < 4.78 is 7.18. The number of hydrogen-bond acceptors (Lipinski definition) is 5. The van der Waals surface area contributed by atoms with Gasteiger partial charge in [-0.05, 0) is 41.0 Å². The van der Waals surface area contributed by atoms with Crippen molar-refractivity contribution in [1.82, 2.24) is 30.3 Å². The number of guanidine groups is 1. The number of ether oxygens (including phenoxy) is 1.